The maximum Gasteiger partial charge on any atom is 0.449 e. The zero-order valence-electron chi connectivity index (χ0n) is 16.4. The SMILES string of the molecule is O=C(c1ncc(-c2cccc3c2nc(C(F)(F)F)n3CC(F)F)cc1F)N1CCOCC1. The molecule has 2 aromatic heterocycles. The molecular formula is C20H16F6N4O2. The largest absolute Gasteiger partial charge is 0.449 e. The predicted octanol–water partition coefficient (Wildman–Crippen LogP) is 3.99. The molecule has 3 aromatic rings. The summed E-state index contributed by atoms with van der Waals surface area (Å²) in [6.07, 6.45) is -6.87. The van der Waals surface area contributed by atoms with Crippen LogP contribution >= 0.6 is 0 Å². The molecule has 1 amide bonds. The Morgan fingerprint density at radius 3 is 2.53 bits per heavy atom. The van der Waals surface area contributed by atoms with E-state index in [2.05, 4.69) is 9.97 Å². The topological polar surface area (TPSA) is 60.2 Å². The highest BCUT2D eigenvalue weighted by Crippen LogP contribution is 2.35. The van der Waals surface area contributed by atoms with Gasteiger partial charge in [0.25, 0.3) is 12.3 Å². The molecule has 0 unspecified atom stereocenters. The van der Waals surface area contributed by atoms with E-state index < -0.39 is 42.4 Å². The number of fused-ring (bicyclic) bond motifs is 1. The number of carbonyl (C=O) groups excluding carboxylic acids is 1. The minimum atomic E-state index is -4.97. The van der Waals surface area contributed by atoms with Crippen molar-refractivity contribution in [2.24, 2.45) is 0 Å². The highest BCUT2D eigenvalue weighted by Gasteiger charge is 2.38. The van der Waals surface area contributed by atoms with Gasteiger partial charge in [0.15, 0.2) is 11.5 Å². The Bertz CT molecular complexity index is 1150. The monoisotopic (exact) mass is 458 g/mol. The first-order chi connectivity index (χ1) is 15.2. The van der Waals surface area contributed by atoms with Gasteiger partial charge in [0, 0.05) is 30.4 Å². The summed E-state index contributed by atoms with van der Waals surface area (Å²) >= 11 is 0. The highest BCUT2D eigenvalue weighted by atomic mass is 19.4. The van der Waals surface area contributed by atoms with Crippen LogP contribution in [-0.4, -0.2) is 58.1 Å². The molecular weight excluding hydrogens is 442 g/mol. The summed E-state index contributed by atoms with van der Waals surface area (Å²) in [5.74, 6) is -3.07. The van der Waals surface area contributed by atoms with Crippen LogP contribution < -0.4 is 0 Å². The number of nitrogens with zero attached hydrogens (tertiary/aromatic N) is 4. The zero-order chi connectivity index (χ0) is 23.0. The predicted molar refractivity (Wildman–Crippen MR) is 101 cm³/mol. The summed E-state index contributed by atoms with van der Waals surface area (Å²) in [5.41, 5.74) is -0.709. The van der Waals surface area contributed by atoms with Crippen LogP contribution in [0.2, 0.25) is 0 Å². The molecule has 0 atom stereocenters. The molecule has 12 heteroatoms. The number of alkyl halides is 5. The van der Waals surface area contributed by atoms with Crippen molar-refractivity contribution in [1.29, 1.82) is 0 Å². The second kappa shape index (κ2) is 8.41. The number of carbonyl (C=O) groups is 1. The molecule has 0 spiro atoms. The van der Waals surface area contributed by atoms with Crippen LogP contribution in [0.1, 0.15) is 16.3 Å². The van der Waals surface area contributed by atoms with Crippen molar-refractivity contribution in [3.63, 3.8) is 0 Å². The van der Waals surface area contributed by atoms with Gasteiger partial charge >= 0.3 is 6.18 Å². The van der Waals surface area contributed by atoms with Gasteiger partial charge in [-0.3, -0.25) is 4.79 Å². The van der Waals surface area contributed by atoms with Crippen LogP contribution in [0.15, 0.2) is 30.5 Å². The Morgan fingerprint density at radius 2 is 1.91 bits per heavy atom. The van der Waals surface area contributed by atoms with Crippen molar-refractivity contribution in [1.82, 2.24) is 19.4 Å². The number of para-hydroxylation sites is 1. The smallest absolute Gasteiger partial charge is 0.378 e. The maximum atomic E-state index is 14.7. The second-order valence-corrected chi connectivity index (χ2v) is 7.07. The number of aromatic nitrogens is 3. The molecule has 1 aliphatic heterocycles. The standard InChI is InChI=1S/C20H16F6N4O2/c21-13-8-11(9-27-17(13)18(31)29-4-6-32-7-5-29)12-2-1-3-14-16(12)28-19(20(24,25)26)30(14)10-15(22)23/h1-3,8-9,15H,4-7,10H2. The van der Waals surface area contributed by atoms with E-state index in [0.717, 1.165) is 12.3 Å². The van der Waals surface area contributed by atoms with E-state index in [1.165, 1.54) is 23.1 Å². The average Bonchev–Trinajstić information content (AvgIpc) is 3.12. The van der Waals surface area contributed by atoms with Crippen LogP contribution in [0, 0.1) is 5.82 Å². The minimum Gasteiger partial charge on any atom is -0.378 e. The molecule has 1 saturated heterocycles. The molecule has 0 aliphatic carbocycles. The molecule has 0 saturated carbocycles. The average molecular weight is 458 g/mol. The minimum absolute atomic E-state index is 0.0575. The third-order valence-corrected chi connectivity index (χ3v) is 5.01. The van der Waals surface area contributed by atoms with Crippen LogP contribution in [0.5, 0.6) is 0 Å². The zero-order valence-corrected chi connectivity index (χ0v) is 16.4. The van der Waals surface area contributed by atoms with Crippen molar-refractivity contribution in [3.8, 4) is 11.1 Å². The summed E-state index contributed by atoms with van der Waals surface area (Å²) in [5, 5.41) is 0. The Morgan fingerprint density at radius 1 is 1.19 bits per heavy atom. The lowest BCUT2D eigenvalue weighted by Gasteiger charge is -2.26. The van der Waals surface area contributed by atoms with Gasteiger partial charge in [-0.05, 0) is 12.1 Å². The van der Waals surface area contributed by atoms with E-state index in [1.54, 1.807) is 0 Å². The lowest BCUT2D eigenvalue weighted by Crippen LogP contribution is -2.41. The molecule has 0 N–H and O–H groups in total. The Hall–Kier alpha value is -3.15. The summed E-state index contributed by atoms with van der Waals surface area (Å²) in [7, 11) is 0. The van der Waals surface area contributed by atoms with E-state index in [9.17, 15) is 31.1 Å². The molecule has 3 heterocycles. The number of halogens is 6. The van der Waals surface area contributed by atoms with Gasteiger partial charge in [-0.25, -0.2) is 23.1 Å². The van der Waals surface area contributed by atoms with Crippen LogP contribution in [0.3, 0.4) is 0 Å². The van der Waals surface area contributed by atoms with Crippen molar-refractivity contribution >= 4 is 16.9 Å². The lowest BCUT2D eigenvalue weighted by atomic mass is 10.1. The number of ether oxygens (including phenoxy) is 1. The summed E-state index contributed by atoms with van der Waals surface area (Å²) in [6.45, 7) is -0.00743. The summed E-state index contributed by atoms with van der Waals surface area (Å²) < 4.78 is 86.3. The third-order valence-electron chi connectivity index (χ3n) is 5.01. The molecule has 32 heavy (non-hydrogen) atoms. The van der Waals surface area contributed by atoms with E-state index in [-0.39, 0.29) is 35.2 Å². The Balaban J connectivity index is 1.77. The second-order valence-electron chi connectivity index (χ2n) is 7.07. The Labute approximate surface area is 177 Å². The van der Waals surface area contributed by atoms with Gasteiger partial charge in [-0.2, -0.15) is 13.2 Å². The van der Waals surface area contributed by atoms with E-state index in [0.29, 0.717) is 17.8 Å². The molecule has 6 nitrogen and oxygen atoms in total. The molecule has 170 valence electrons. The summed E-state index contributed by atoms with van der Waals surface area (Å²) in [4.78, 5) is 21.3. The van der Waals surface area contributed by atoms with E-state index >= 15 is 0 Å². The van der Waals surface area contributed by atoms with Crippen LogP contribution in [0.4, 0.5) is 26.3 Å². The molecule has 4 rings (SSSR count). The Kier molecular flexibility index (Phi) is 5.80. The van der Waals surface area contributed by atoms with Gasteiger partial charge in [0.2, 0.25) is 5.82 Å². The fraction of sp³-hybridized carbons (Fsp3) is 0.350. The van der Waals surface area contributed by atoms with E-state index in [1.807, 2.05) is 0 Å². The maximum absolute atomic E-state index is 14.7. The van der Waals surface area contributed by atoms with Crippen LogP contribution in [-0.2, 0) is 17.5 Å². The summed E-state index contributed by atoms with van der Waals surface area (Å²) in [6, 6.07) is 4.92. The van der Waals surface area contributed by atoms with Crippen molar-refractivity contribution in [2.45, 2.75) is 19.1 Å². The number of hydrogen-bond donors (Lipinski definition) is 0. The molecule has 1 aliphatic rings. The molecule has 0 radical (unpaired) electrons. The quantitative estimate of drug-likeness (QED) is 0.555. The first-order valence-corrected chi connectivity index (χ1v) is 9.54. The fourth-order valence-electron chi connectivity index (χ4n) is 3.58. The normalized spacial score (nSPS) is 15.0. The number of hydrogen-bond acceptors (Lipinski definition) is 4. The highest BCUT2D eigenvalue weighted by molar-refractivity contribution is 5.95. The first-order valence-electron chi connectivity index (χ1n) is 9.54. The van der Waals surface area contributed by atoms with Crippen molar-refractivity contribution in [3.05, 3.63) is 47.8 Å². The number of morpholine rings is 1. The van der Waals surface area contributed by atoms with Gasteiger partial charge in [-0.1, -0.05) is 12.1 Å². The van der Waals surface area contributed by atoms with Gasteiger partial charge in [-0.15, -0.1) is 0 Å². The van der Waals surface area contributed by atoms with Gasteiger partial charge in [0.1, 0.15) is 0 Å². The number of amides is 1. The fourth-order valence-corrected chi connectivity index (χ4v) is 3.58. The number of imidazole rings is 1. The number of pyridine rings is 1. The van der Waals surface area contributed by atoms with Gasteiger partial charge < -0.3 is 14.2 Å². The molecule has 1 fully saturated rings. The van der Waals surface area contributed by atoms with Crippen molar-refractivity contribution in [2.75, 3.05) is 26.3 Å². The number of benzene rings is 1. The van der Waals surface area contributed by atoms with Gasteiger partial charge in [0.05, 0.1) is 30.8 Å². The third kappa shape index (κ3) is 4.14. The molecule has 0 bridgehead atoms. The van der Waals surface area contributed by atoms with Crippen molar-refractivity contribution < 1.29 is 35.9 Å². The first kappa shape index (κ1) is 22.1. The van der Waals surface area contributed by atoms with E-state index in [4.69, 9.17) is 4.74 Å². The molecule has 1 aromatic carbocycles. The number of rotatable bonds is 4. The lowest BCUT2D eigenvalue weighted by molar-refractivity contribution is -0.147. The van der Waals surface area contributed by atoms with Crippen LogP contribution in [0.25, 0.3) is 22.2 Å².